The number of nitrogens with zero attached hydrogens (tertiary/aromatic N) is 2. The van der Waals surface area contributed by atoms with Gasteiger partial charge in [-0.05, 0) is 42.0 Å². The Morgan fingerprint density at radius 1 is 1.13 bits per heavy atom. The van der Waals surface area contributed by atoms with Crippen LogP contribution in [0.25, 0.3) is 10.8 Å². The van der Waals surface area contributed by atoms with E-state index in [0.29, 0.717) is 17.9 Å². The van der Waals surface area contributed by atoms with Gasteiger partial charge in [-0.2, -0.15) is 9.41 Å². The largest absolute Gasteiger partial charge is 0.504 e. The van der Waals surface area contributed by atoms with Crippen molar-refractivity contribution in [2.45, 2.75) is 11.8 Å². The van der Waals surface area contributed by atoms with Crippen molar-refractivity contribution in [2.24, 2.45) is 5.10 Å². The third kappa shape index (κ3) is 5.19. The van der Waals surface area contributed by atoms with E-state index in [1.165, 1.54) is 19.3 Å². The number of ether oxygens (including phenoxy) is 1. The van der Waals surface area contributed by atoms with Gasteiger partial charge in [0, 0.05) is 12.6 Å². The van der Waals surface area contributed by atoms with Crippen LogP contribution in [0.1, 0.15) is 12.5 Å². The lowest BCUT2D eigenvalue weighted by Gasteiger charge is -2.16. The van der Waals surface area contributed by atoms with E-state index in [1.54, 1.807) is 37.3 Å². The number of carbonyl (C=O) groups excluding carboxylic acids is 1. The Labute approximate surface area is 180 Å². The molecule has 0 aliphatic heterocycles. The van der Waals surface area contributed by atoms with Gasteiger partial charge in [-0.25, -0.2) is 13.8 Å². The Hall–Kier alpha value is -3.43. The fraction of sp³-hybridized carbons (Fsp3) is 0.182. The third-order valence-corrected chi connectivity index (χ3v) is 6.32. The lowest BCUT2D eigenvalue weighted by Crippen LogP contribution is -2.36. The van der Waals surface area contributed by atoms with Gasteiger partial charge in [-0.15, -0.1) is 0 Å². The maximum Gasteiger partial charge on any atom is 0.255 e. The van der Waals surface area contributed by atoms with Gasteiger partial charge in [0.25, 0.3) is 5.91 Å². The SMILES string of the molecule is CCOc1cccc(C=NNC(=O)CN(C)S(=O)(=O)c2ccc3ccccc3c2)c1O. The molecule has 0 spiro atoms. The average Bonchev–Trinajstić information content (AvgIpc) is 2.76. The van der Waals surface area contributed by atoms with Crippen LogP contribution in [0.5, 0.6) is 11.5 Å². The Bertz CT molecular complexity index is 1220. The maximum absolute atomic E-state index is 12.8. The van der Waals surface area contributed by atoms with E-state index >= 15 is 0 Å². The predicted molar refractivity (Wildman–Crippen MR) is 119 cm³/mol. The highest BCUT2D eigenvalue weighted by Gasteiger charge is 2.23. The number of hydrazone groups is 1. The molecule has 9 heteroatoms. The number of sulfonamides is 1. The highest BCUT2D eigenvalue weighted by molar-refractivity contribution is 7.89. The van der Waals surface area contributed by atoms with Crippen LogP contribution in [0, 0.1) is 0 Å². The minimum absolute atomic E-state index is 0.0988. The number of aromatic hydroxyl groups is 1. The van der Waals surface area contributed by atoms with Crippen molar-refractivity contribution in [3.05, 3.63) is 66.2 Å². The number of fused-ring (bicyclic) bond motifs is 1. The Morgan fingerprint density at radius 3 is 2.61 bits per heavy atom. The maximum atomic E-state index is 12.8. The van der Waals surface area contributed by atoms with Crippen molar-refractivity contribution in [3.8, 4) is 11.5 Å². The molecule has 0 saturated heterocycles. The van der Waals surface area contributed by atoms with Crippen molar-refractivity contribution in [1.29, 1.82) is 0 Å². The van der Waals surface area contributed by atoms with Crippen LogP contribution in [0.15, 0.2) is 70.7 Å². The standard InChI is InChI=1S/C22H23N3O5S/c1-3-30-20-10-6-9-18(22(20)27)14-23-24-21(26)15-25(2)31(28,29)19-12-11-16-7-4-5-8-17(16)13-19/h4-14,27H,3,15H2,1-2H3,(H,24,26). The van der Waals surface area contributed by atoms with Crippen LogP contribution in [0.2, 0.25) is 0 Å². The van der Waals surface area contributed by atoms with E-state index in [9.17, 15) is 18.3 Å². The average molecular weight is 442 g/mol. The highest BCUT2D eigenvalue weighted by Crippen LogP contribution is 2.28. The zero-order valence-electron chi connectivity index (χ0n) is 17.1. The van der Waals surface area contributed by atoms with Gasteiger partial charge in [0.15, 0.2) is 11.5 Å². The van der Waals surface area contributed by atoms with Gasteiger partial charge in [-0.3, -0.25) is 4.79 Å². The number of likely N-dealkylation sites (N-methyl/N-ethyl adjacent to an activating group) is 1. The van der Waals surface area contributed by atoms with Crippen molar-refractivity contribution < 1.29 is 23.1 Å². The first-order chi connectivity index (χ1) is 14.8. The predicted octanol–water partition coefficient (Wildman–Crippen LogP) is 2.71. The molecule has 3 aromatic rings. The molecule has 3 rings (SSSR count). The second-order valence-corrected chi connectivity index (χ2v) is 8.74. The molecule has 0 saturated carbocycles. The number of rotatable bonds is 8. The van der Waals surface area contributed by atoms with Crippen molar-refractivity contribution in [1.82, 2.24) is 9.73 Å². The zero-order valence-corrected chi connectivity index (χ0v) is 18.0. The number of carbonyl (C=O) groups is 1. The topological polar surface area (TPSA) is 108 Å². The van der Waals surface area contributed by atoms with E-state index < -0.39 is 22.5 Å². The molecule has 3 aromatic carbocycles. The molecule has 0 aromatic heterocycles. The quantitative estimate of drug-likeness (QED) is 0.413. The number of benzene rings is 3. The van der Waals surface area contributed by atoms with E-state index in [4.69, 9.17) is 4.74 Å². The smallest absolute Gasteiger partial charge is 0.255 e. The van der Waals surface area contributed by atoms with E-state index in [2.05, 4.69) is 10.5 Å². The number of para-hydroxylation sites is 1. The van der Waals surface area contributed by atoms with Crippen LogP contribution < -0.4 is 10.2 Å². The lowest BCUT2D eigenvalue weighted by atomic mass is 10.1. The lowest BCUT2D eigenvalue weighted by molar-refractivity contribution is -0.121. The molecule has 0 atom stereocenters. The monoisotopic (exact) mass is 441 g/mol. The molecule has 31 heavy (non-hydrogen) atoms. The molecule has 0 heterocycles. The fourth-order valence-corrected chi connectivity index (χ4v) is 4.08. The minimum atomic E-state index is -3.86. The Balaban J connectivity index is 1.65. The normalized spacial score (nSPS) is 11.8. The number of nitrogens with one attached hydrogen (secondary N) is 1. The summed E-state index contributed by atoms with van der Waals surface area (Å²) in [5.74, 6) is -0.416. The minimum Gasteiger partial charge on any atom is -0.504 e. The van der Waals surface area contributed by atoms with Crippen LogP contribution in [-0.2, 0) is 14.8 Å². The van der Waals surface area contributed by atoms with Crippen molar-refractivity contribution in [2.75, 3.05) is 20.2 Å². The first-order valence-corrected chi connectivity index (χ1v) is 11.0. The second kappa shape index (κ2) is 9.59. The summed E-state index contributed by atoms with van der Waals surface area (Å²) in [6.45, 7) is 1.77. The number of amides is 1. The second-order valence-electron chi connectivity index (χ2n) is 6.69. The van der Waals surface area contributed by atoms with Crippen LogP contribution in [0.3, 0.4) is 0 Å². The molecule has 0 aliphatic rings. The first kappa shape index (κ1) is 22.3. The Kier molecular flexibility index (Phi) is 6.88. The fourth-order valence-electron chi connectivity index (χ4n) is 2.92. The summed E-state index contributed by atoms with van der Waals surface area (Å²) < 4.78 is 31.9. The van der Waals surface area contributed by atoms with Crippen molar-refractivity contribution in [3.63, 3.8) is 0 Å². The van der Waals surface area contributed by atoms with Gasteiger partial charge in [0.05, 0.1) is 24.3 Å². The van der Waals surface area contributed by atoms with Gasteiger partial charge in [-0.1, -0.05) is 36.4 Å². The van der Waals surface area contributed by atoms with Gasteiger partial charge < -0.3 is 9.84 Å². The summed E-state index contributed by atoms with van der Waals surface area (Å²) in [5, 5.41) is 15.6. The Morgan fingerprint density at radius 2 is 1.87 bits per heavy atom. The van der Waals surface area contributed by atoms with E-state index in [1.807, 2.05) is 24.3 Å². The summed E-state index contributed by atoms with van der Waals surface area (Å²) in [5.41, 5.74) is 2.62. The van der Waals surface area contributed by atoms with Crippen molar-refractivity contribution >= 4 is 32.9 Å². The summed E-state index contributed by atoms with van der Waals surface area (Å²) in [7, 11) is -2.53. The number of hydrogen-bond acceptors (Lipinski definition) is 6. The molecule has 0 unspecified atom stereocenters. The molecule has 0 fully saturated rings. The molecule has 0 bridgehead atoms. The summed E-state index contributed by atoms with van der Waals surface area (Å²) >= 11 is 0. The molecule has 2 N–H and O–H groups in total. The summed E-state index contributed by atoms with van der Waals surface area (Å²) in [6.07, 6.45) is 1.26. The molecular formula is C22H23N3O5S. The van der Waals surface area contributed by atoms with Gasteiger partial charge in [0.1, 0.15) is 0 Å². The third-order valence-electron chi connectivity index (χ3n) is 4.52. The van der Waals surface area contributed by atoms with Gasteiger partial charge >= 0.3 is 0 Å². The van der Waals surface area contributed by atoms with Gasteiger partial charge in [0.2, 0.25) is 10.0 Å². The zero-order chi connectivity index (χ0) is 22.4. The van der Waals surface area contributed by atoms with Crippen LogP contribution in [0.4, 0.5) is 0 Å². The summed E-state index contributed by atoms with van der Waals surface area (Å²) in [6, 6.07) is 17.1. The van der Waals surface area contributed by atoms with Crippen LogP contribution >= 0.6 is 0 Å². The molecular weight excluding hydrogens is 418 g/mol. The van der Waals surface area contributed by atoms with E-state index in [-0.39, 0.29) is 10.6 Å². The number of hydrogen-bond donors (Lipinski definition) is 2. The van der Waals surface area contributed by atoms with Crippen LogP contribution in [-0.4, -0.2) is 50.2 Å². The van der Waals surface area contributed by atoms with E-state index in [0.717, 1.165) is 15.1 Å². The number of phenols is 1. The summed E-state index contributed by atoms with van der Waals surface area (Å²) in [4.78, 5) is 12.3. The molecule has 0 radical (unpaired) electrons. The molecule has 162 valence electrons. The highest BCUT2D eigenvalue weighted by atomic mass is 32.2. The molecule has 0 aliphatic carbocycles. The molecule has 1 amide bonds. The number of phenolic OH excluding ortho intramolecular Hbond substituents is 1. The molecule has 8 nitrogen and oxygen atoms in total. The first-order valence-electron chi connectivity index (χ1n) is 9.54.